The molecule has 0 atom stereocenters. The SMILES string of the molecule is CCCCCN(N=O)C(C)=O. The van der Waals surface area contributed by atoms with Crippen molar-refractivity contribution in [3.63, 3.8) is 0 Å². The topological polar surface area (TPSA) is 49.7 Å². The molecule has 0 aliphatic rings. The Morgan fingerprint density at radius 3 is 2.45 bits per heavy atom. The molecule has 64 valence electrons. The van der Waals surface area contributed by atoms with Crippen LogP contribution in [0.1, 0.15) is 33.1 Å². The Bertz CT molecular complexity index is 136. The number of nitrogens with zero attached hydrogens (tertiary/aromatic N) is 2. The smallest absolute Gasteiger partial charge is 0.242 e. The van der Waals surface area contributed by atoms with Gasteiger partial charge < -0.3 is 0 Å². The lowest BCUT2D eigenvalue weighted by molar-refractivity contribution is -0.129. The minimum Gasteiger partial charge on any atom is -0.273 e. The lowest BCUT2D eigenvalue weighted by Gasteiger charge is -2.08. The van der Waals surface area contributed by atoms with E-state index in [2.05, 4.69) is 12.2 Å². The predicted molar refractivity (Wildman–Crippen MR) is 42.7 cm³/mol. The van der Waals surface area contributed by atoms with E-state index in [0.717, 1.165) is 24.3 Å². The van der Waals surface area contributed by atoms with Gasteiger partial charge in [0.15, 0.2) is 0 Å². The molecule has 4 heteroatoms. The van der Waals surface area contributed by atoms with E-state index in [4.69, 9.17) is 0 Å². The third-order valence-corrected chi connectivity index (χ3v) is 1.44. The summed E-state index contributed by atoms with van der Waals surface area (Å²) < 4.78 is 0. The van der Waals surface area contributed by atoms with Crippen molar-refractivity contribution >= 4 is 5.91 Å². The van der Waals surface area contributed by atoms with E-state index in [-0.39, 0.29) is 5.91 Å². The van der Waals surface area contributed by atoms with Gasteiger partial charge >= 0.3 is 0 Å². The second kappa shape index (κ2) is 5.82. The van der Waals surface area contributed by atoms with Crippen LogP contribution in [0.25, 0.3) is 0 Å². The summed E-state index contributed by atoms with van der Waals surface area (Å²) in [6.45, 7) is 3.85. The number of rotatable bonds is 5. The summed E-state index contributed by atoms with van der Waals surface area (Å²) in [6.07, 6.45) is 2.95. The van der Waals surface area contributed by atoms with Crippen LogP contribution in [0.3, 0.4) is 0 Å². The Hall–Kier alpha value is -0.930. The number of amides is 1. The zero-order valence-corrected chi connectivity index (χ0v) is 7.04. The van der Waals surface area contributed by atoms with E-state index in [1.165, 1.54) is 6.92 Å². The largest absolute Gasteiger partial charge is 0.273 e. The zero-order chi connectivity index (χ0) is 8.69. The number of hydrogen-bond acceptors (Lipinski definition) is 3. The maximum atomic E-state index is 10.6. The van der Waals surface area contributed by atoms with E-state index >= 15 is 0 Å². The molecular formula is C7H14N2O2. The van der Waals surface area contributed by atoms with Crippen molar-refractivity contribution in [2.24, 2.45) is 5.29 Å². The molecule has 0 aromatic carbocycles. The fourth-order valence-electron chi connectivity index (χ4n) is 0.767. The van der Waals surface area contributed by atoms with Gasteiger partial charge in [0.1, 0.15) is 0 Å². The van der Waals surface area contributed by atoms with Crippen molar-refractivity contribution in [2.45, 2.75) is 33.1 Å². The van der Waals surface area contributed by atoms with Crippen LogP contribution in [-0.4, -0.2) is 17.5 Å². The van der Waals surface area contributed by atoms with E-state index < -0.39 is 0 Å². The summed E-state index contributed by atoms with van der Waals surface area (Å²) in [5.74, 6) is -0.281. The third-order valence-electron chi connectivity index (χ3n) is 1.44. The third kappa shape index (κ3) is 4.47. The first kappa shape index (κ1) is 10.1. The Morgan fingerprint density at radius 1 is 1.45 bits per heavy atom. The van der Waals surface area contributed by atoms with Gasteiger partial charge in [0.05, 0.1) is 5.29 Å². The fraction of sp³-hybridized carbons (Fsp3) is 0.857. The van der Waals surface area contributed by atoms with Crippen molar-refractivity contribution < 1.29 is 4.79 Å². The average Bonchev–Trinajstić information content (AvgIpc) is 1.97. The lowest BCUT2D eigenvalue weighted by atomic mass is 10.2. The molecule has 0 saturated heterocycles. The van der Waals surface area contributed by atoms with Crippen molar-refractivity contribution in [3.05, 3.63) is 4.91 Å². The van der Waals surface area contributed by atoms with Crippen molar-refractivity contribution in [1.29, 1.82) is 0 Å². The van der Waals surface area contributed by atoms with Gasteiger partial charge in [-0.05, 0) is 6.42 Å². The Balaban J connectivity index is 3.52. The van der Waals surface area contributed by atoms with Gasteiger partial charge in [0, 0.05) is 13.5 Å². The molecule has 0 N–H and O–H groups in total. The zero-order valence-electron chi connectivity index (χ0n) is 7.04. The monoisotopic (exact) mass is 158 g/mol. The molecule has 1 amide bonds. The van der Waals surface area contributed by atoms with Crippen LogP contribution in [0.5, 0.6) is 0 Å². The Kier molecular flexibility index (Phi) is 5.33. The highest BCUT2D eigenvalue weighted by Gasteiger charge is 2.06. The first-order valence-corrected chi connectivity index (χ1v) is 3.83. The van der Waals surface area contributed by atoms with E-state index in [1.807, 2.05) is 0 Å². The number of carbonyl (C=O) groups is 1. The molecule has 11 heavy (non-hydrogen) atoms. The Labute approximate surface area is 66.5 Å². The van der Waals surface area contributed by atoms with Crippen LogP contribution >= 0.6 is 0 Å². The maximum Gasteiger partial charge on any atom is 0.242 e. The highest BCUT2D eigenvalue weighted by Crippen LogP contribution is 1.98. The summed E-state index contributed by atoms with van der Waals surface area (Å²) in [5, 5.41) is 3.55. The van der Waals surface area contributed by atoms with Crippen LogP contribution in [-0.2, 0) is 4.79 Å². The van der Waals surface area contributed by atoms with E-state index in [0.29, 0.717) is 6.54 Å². The van der Waals surface area contributed by atoms with Gasteiger partial charge in [-0.15, -0.1) is 4.91 Å². The van der Waals surface area contributed by atoms with Gasteiger partial charge in [-0.2, -0.15) is 5.01 Å². The number of carbonyl (C=O) groups excluding carboxylic acids is 1. The fourth-order valence-corrected chi connectivity index (χ4v) is 0.767. The molecule has 0 bridgehead atoms. The molecule has 0 rings (SSSR count). The van der Waals surface area contributed by atoms with Gasteiger partial charge in [0.25, 0.3) is 0 Å². The molecule has 0 unspecified atom stereocenters. The van der Waals surface area contributed by atoms with Crippen LogP contribution < -0.4 is 0 Å². The minimum atomic E-state index is -0.281. The molecule has 0 aromatic rings. The number of nitroso groups, excluding NO2 is 1. The first-order chi connectivity index (χ1) is 5.22. The van der Waals surface area contributed by atoms with Gasteiger partial charge in [0.2, 0.25) is 5.91 Å². The predicted octanol–water partition coefficient (Wildman–Crippen LogP) is 1.71. The molecule has 0 saturated carbocycles. The quantitative estimate of drug-likeness (QED) is 0.347. The summed E-state index contributed by atoms with van der Waals surface area (Å²) in [5.41, 5.74) is 0. The van der Waals surface area contributed by atoms with E-state index in [1.54, 1.807) is 0 Å². The summed E-state index contributed by atoms with van der Waals surface area (Å²) in [6, 6.07) is 0. The second-order valence-corrected chi connectivity index (χ2v) is 2.43. The Morgan fingerprint density at radius 2 is 2.09 bits per heavy atom. The molecular weight excluding hydrogens is 144 g/mol. The molecule has 0 heterocycles. The molecule has 0 aliphatic heterocycles. The molecule has 0 spiro atoms. The van der Waals surface area contributed by atoms with Gasteiger partial charge in [-0.25, -0.2) is 0 Å². The molecule has 0 aliphatic carbocycles. The van der Waals surface area contributed by atoms with Gasteiger partial charge in [-0.3, -0.25) is 4.79 Å². The molecule has 0 fully saturated rings. The number of hydrogen-bond donors (Lipinski definition) is 0. The first-order valence-electron chi connectivity index (χ1n) is 3.83. The molecule has 0 radical (unpaired) electrons. The van der Waals surface area contributed by atoms with Crippen LogP contribution in [0.2, 0.25) is 0 Å². The average molecular weight is 158 g/mol. The highest BCUT2D eigenvalue weighted by molar-refractivity contribution is 5.72. The minimum absolute atomic E-state index is 0.281. The van der Waals surface area contributed by atoms with Crippen LogP contribution in [0.4, 0.5) is 0 Å². The summed E-state index contributed by atoms with van der Waals surface area (Å²) in [4.78, 5) is 20.6. The summed E-state index contributed by atoms with van der Waals surface area (Å²) >= 11 is 0. The van der Waals surface area contributed by atoms with Crippen molar-refractivity contribution in [1.82, 2.24) is 5.01 Å². The van der Waals surface area contributed by atoms with Crippen molar-refractivity contribution in [2.75, 3.05) is 6.54 Å². The standard InChI is InChI=1S/C7H14N2O2/c1-3-4-5-6-9(8-11)7(2)10/h3-6H2,1-2H3. The highest BCUT2D eigenvalue weighted by atomic mass is 16.3. The number of unbranched alkanes of at least 4 members (excludes halogenated alkanes) is 2. The second-order valence-electron chi connectivity index (χ2n) is 2.43. The van der Waals surface area contributed by atoms with Crippen LogP contribution in [0, 0.1) is 4.91 Å². The summed E-state index contributed by atoms with van der Waals surface area (Å²) in [7, 11) is 0. The maximum absolute atomic E-state index is 10.6. The van der Waals surface area contributed by atoms with Gasteiger partial charge in [-0.1, -0.05) is 19.8 Å². The van der Waals surface area contributed by atoms with E-state index in [9.17, 15) is 9.70 Å². The van der Waals surface area contributed by atoms with Crippen LogP contribution in [0.15, 0.2) is 5.29 Å². The molecule has 0 aromatic heterocycles. The molecule has 4 nitrogen and oxygen atoms in total. The normalized spacial score (nSPS) is 9.27. The lowest BCUT2D eigenvalue weighted by Crippen LogP contribution is -2.23. The van der Waals surface area contributed by atoms with Crippen molar-refractivity contribution in [3.8, 4) is 0 Å².